The average molecular weight is 413 g/mol. The molecule has 0 fully saturated rings. The molecule has 0 spiro atoms. The van der Waals surface area contributed by atoms with Gasteiger partial charge in [-0.2, -0.15) is 0 Å². The number of hydrogen-bond acceptors (Lipinski definition) is 4. The van der Waals surface area contributed by atoms with Crippen molar-refractivity contribution in [3.05, 3.63) is 44.7 Å². The van der Waals surface area contributed by atoms with Crippen molar-refractivity contribution in [1.82, 2.24) is 0 Å². The number of rotatable bonds is 4. The minimum atomic E-state index is -0.369. The molecular formula is C16H17BrN2O2S2. The second-order valence-corrected chi connectivity index (χ2v) is 7.30. The van der Waals surface area contributed by atoms with E-state index in [-0.39, 0.29) is 5.97 Å². The Kier molecular flexibility index (Phi) is 6.15. The predicted octanol–water partition coefficient (Wildman–Crippen LogP) is 4.98. The molecule has 0 saturated carbocycles. The fourth-order valence-electron chi connectivity index (χ4n) is 1.99. The number of methoxy groups -OCH3 is 1. The summed E-state index contributed by atoms with van der Waals surface area (Å²) >= 11 is 10.3. The number of ether oxygens (including phenoxy) is 1. The normalized spacial score (nSPS) is 10.3. The summed E-state index contributed by atoms with van der Waals surface area (Å²) in [6, 6.07) is 7.73. The summed E-state index contributed by atoms with van der Waals surface area (Å²) in [5.41, 5.74) is 2.49. The van der Waals surface area contributed by atoms with E-state index in [1.165, 1.54) is 18.4 Å². The molecule has 2 aromatic rings. The van der Waals surface area contributed by atoms with E-state index in [1.54, 1.807) is 0 Å². The van der Waals surface area contributed by atoms with Gasteiger partial charge in [0.25, 0.3) is 0 Å². The number of thiophene rings is 1. The quantitative estimate of drug-likeness (QED) is 0.547. The Balaban J connectivity index is 2.16. The molecule has 2 rings (SSSR count). The number of benzene rings is 1. The standard InChI is InChI=1S/C16H17BrN2O2S2/c1-4-11-8-12(15(20)21-3)14(23-11)19-16(22)18-13-6-5-10(17)7-9(13)2/h5-8H,4H2,1-3H3,(H2,18,19,22). The maximum absolute atomic E-state index is 11.9. The summed E-state index contributed by atoms with van der Waals surface area (Å²) in [6.45, 7) is 4.04. The van der Waals surface area contributed by atoms with E-state index in [0.29, 0.717) is 15.7 Å². The molecule has 7 heteroatoms. The van der Waals surface area contributed by atoms with Crippen molar-refractivity contribution in [3.8, 4) is 0 Å². The van der Waals surface area contributed by atoms with Crippen LogP contribution in [0.15, 0.2) is 28.7 Å². The summed E-state index contributed by atoms with van der Waals surface area (Å²) in [4.78, 5) is 13.0. The lowest BCUT2D eigenvalue weighted by Crippen LogP contribution is -2.20. The van der Waals surface area contributed by atoms with Gasteiger partial charge in [-0.1, -0.05) is 22.9 Å². The fraction of sp³-hybridized carbons (Fsp3) is 0.250. The highest BCUT2D eigenvalue weighted by atomic mass is 79.9. The van der Waals surface area contributed by atoms with Crippen molar-refractivity contribution >= 4 is 61.3 Å². The van der Waals surface area contributed by atoms with Gasteiger partial charge in [-0.25, -0.2) is 4.79 Å². The third-order valence-electron chi connectivity index (χ3n) is 3.20. The Morgan fingerprint density at radius 3 is 2.70 bits per heavy atom. The number of thiocarbonyl (C=S) groups is 1. The first-order valence-electron chi connectivity index (χ1n) is 6.99. The molecular weight excluding hydrogens is 396 g/mol. The molecule has 2 N–H and O–H groups in total. The highest BCUT2D eigenvalue weighted by Crippen LogP contribution is 2.29. The van der Waals surface area contributed by atoms with E-state index >= 15 is 0 Å². The first-order valence-corrected chi connectivity index (χ1v) is 9.01. The molecule has 1 heterocycles. The molecule has 0 radical (unpaired) electrons. The molecule has 0 aliphatic heterocycles. The third-order valence-corrected chi connectivity index (χ3v) is 5.09. The van der Waals surface area contributed by atoms with Gasteiger partial charge in [-0.15, -0.1) is 11.3 Å². The van der Waals surface area contributed by atoms with Crippen molar-refractivity contribution in [1.29, 1.82) is 0 Å². The maximum atomic E-state index is 11.9. The highest BCUT2D eigenvalue weighted by molar-refractivity contribution is 9.10. The molecule has 0 saturated heterocycles. The van der Waals surface area contributed by atoms with Gasteiger partial charge >= 0.3 is 5.97 Å². The van der Waals surface area contributed by atoms with Crippen LogP contribution < -0.4 is 10.6 Å². The number of aryl methyl sites for hydroxylation is 2. The Morgan fingerprint density at radius 2 is 2.09 bits per heavy atom. The van der Waals surface area contributed by atoms with E-state index in [4.69, 9.17) is 17.0 Å². The lowest BCUT2D eigenvalue weighted by molar-refractivity contribution is 0.0602. The van der Waals surface area contributed by atoms with Crippen LogP contribution in [0.1, 0.15) is 27.7 Å². The first kappa shape index (κ1) is 17.9. The van der Waals surface area contributed by atoms with Gasteiger partial charge in [-0.3, -0.25) is 0 Å². The van der Waals surface area contributed by atoms with Gasteiger partial charge in [0.2, 0.25) is 0 Å². The average Bonchev–Trinajstić information content (AvgIpc) is 2.92. The Hall–Kier alpha value is -1.44. The molecule has 0 amide bonds. The molecule has 0 unspecified atom stereocenters. The monoisotopic (exact) mass is 412 g/mol. The molecule has 0 aliphatic carbocycles. The summed E-state index contributed by atoms with van der Waals surface area (Å²) in [5, 5.41) is 7.38. The van der Waals surface area contributed by atoms with Crippen LogP contribution in [0.5, 0.6) is 0 Å². The molecule has 0 bridgehead atoms. The molecule has 4 nitrogen and oxygen atoms in total. The van der Waals surface area contributed by atoms with Crippen LogP contribution in [0.25, 0.3) is 0 Å². The van der Waals surface area contributed by atoms with Gasteiger partial charge in [0, 0.05) is 15.0 Å². The second kappa shape index (κ2) is 7.90. The lowest BCUT2D eigenvalue weighted by atomic mass is 10.2. The maximum Gasteiger partial charge on any atom is 0.340 e. The van der Waals surface area contributed by atoms with Crippen molar-refractivity contribution in [2.45, 2.75) is 20.3 Å². The minimum Gasteiger partial charge on any atom is -0.465 e. The van der Waals surface area contributed by atoms with E-state index in [1.807, 2.05) is 38.1 Å². The summed E-state index contributed by atoms with van der Waals surface area (Å²) < 4.78 is 5.84. The summed E-state index contributed by atoms with van der Waals surface area (Å²) in [5.74, 6) is -0.369. The predicted molar refractivity (Wildman–Crippen MR) is 104 cm³/mol. The smallest absolute Gasteiger partial charge is 0.340 e. The van der Waals surface area contributed by atoms with Gasteiger partial charge in [0.1, 0.15) is 5.00 Å². The number of carbonyl (C=O) groups excluding carboxylic acids is 1. The van der Waals surface area contributed by atoms with Gasteiger partial charge in [0.05, 0.1) is 12.7 Å². The van der Waals surface area contributed by atoms with Crippen LogP contribution in [-0.2, 0) is 11.2 Å². The topological polar surface area (TPSA) is 50.4 Å². The van der Waals surface area contributed by atoms with Crippen molar-refractivity contribution in [2.24, 2.45) is 0 Å². The van der Waals surface area contributed by atoms with Crippen LogP contribution in [0.4, 0.5) is 10.7 Å². The van der Waals surface area contributed by atoms with Crippen molar-refractivity contribution in [3.63, 3.8) is 0 Å². The van der Waals surface area contributed by atoms with Gasteiger partial charge in [-0.05, 0) is 55.4 Å². The lowest BCUT2D eigenvalue weighted by Gasteiger charge is -2.12. The van der Waals surface area contributed by atoms with Crippen LogP contribution >= 0.6 is 39.5 Å². The Bertz CT molecular complexity index is 744. The number of halogens is 1. The zero-order valence-corrected chi connectivity index (χ0v) is 16.2. The summed E-state index contributed by atoms with van der Waals surface area (Å²) in [7, 11) is 1.37. The van der Waals surface area contributed by atoms with Gasteiger partial charge < -0.3 is 15.4 Å². The molecule has 1 aromatic carbocycles. The Morgan fingerprint density at radius 1 is 1.35 bits per heavy atom. The zero-order valence-electron chi connectivity index (χ0n) is 13.0. The van der Waals surface area contributed by atoms with Gasteiger partial charge in [0.15, 0.2) is 5.11 Å². The minimum absolute atomic E-state index is 0.369. The largest absolute Gasteiger partial charge is 0.465 e. The summed E-state index contributed by atoms with van der Waals surface area (Å²) in [6.07, 6.45) is 0.850. The Labute approximate surface area is 153 Å². The molecule has 23 heavy (non-hydrogen) atoms. The van der Waals surface area contributed by atoms with E-state index in [9.17, 15) is 4.79 Å². The van der Waals surface area contributed by atoms with Crippen LogP contribution in [0.3, 0.4) is 0 Å². The van der Waals surface area contributed by atoms with E-state index in [2.05, 4.69) is 26.6 Å². The SMILES string of the molecule is CCc1cc(C(=O)OC)c(NC(=S)Nc2ccc(Br)cc2C)s1. The van der Waals surface area contributed by atoms with Crippen molar-refractivity contribution in [2.75, 3.05) is 17.7 Å². The number of anilines is 2. The number of hydrogen-bond donors (Lipinski definition) is 2. The fourth-order valence-corrected chi connectivity index (χ4v) is 3.74. The van der Waals surface area contributed by atoms with Crippen LogP contribution in [-0.4, -0.2) is 18.2 Å². The second-order valence-electron chi connectivity index (χ2n) is 4.84. The molecule has 0 atom stereocenters. The number of carbonyl (C=O) groups is 1. The molecule has 0 aliphatic rings. The zero-order chi connectivity index (χ0) is 17.0. The third kappa shape index (κ3) is 4.53. The van der Waals surface area contributed by atoms with Crippen molar-refractivity contribution < 1.29 is 9.53 Å². The van der Waals surface area contributed by atoms with E-state index in [0.717, 1.165) is 27.0 Å². The van der Waals surface area contributed by atoms with Crippen LogP contribution in [0, 0.1) is 6.92 Å². The number of nitrogens with one attached hydrogen (secondary N) is 2. The highest BCUT2D eigenvalue weighted by Gasteiger charge is 2.17. The molecule has 122 valence electrons. The van der Waals surface area contributed by atoms with E-state index < -0.39 is 0 Å². The van der Waals surface area contributed by atoms with Crippen LogP contribution in [0.2, 0.25) is 0 Å². The number of esters is 1. The first-order chi connectivity index (χ1) is 10.9. The molecule has 1 aromatic heterocycles.